The highest BCUT2D eigenvalue weighted by atomic mass is 19.4. The van der Waals surface area contributed by atoms with Gasteiger partial charge in [0.15, 0.2) is 0 Å². The van der Waals surface area contributed by atoms with E-state index >= 15 is 0 Å². The van der Waals surface area contributed by atoms with Crippen LogP contribution in [-0.2, 0) is 0 Å². The molecule has 1 atom stereocenters. The molecule has 0 spiro atoms. The Labute approximate surface area is 91.7 Å². The SMILES string of the molecule is N#CC(CNCC(F)(F)F)c1ccccc1. The number of benzene rings is 1. The van der Waals surface area contributed by atoms with E-state index < -0.39 is 18.6 Å². The highest BCUT2D eigenvalue weighted by molar-refractivity contribution is 5.24. The summed E-state index contributed by atoms with van der Waals surface area (Å²) in [5, 5.41) is 11.1. The Balaban J connectivity index is 2.49. The van der Waals surface area contributed by atoms with Gasteiger partial charge in [0.2, 0.25) is 0 Å². The maximum Gasteiger partial charge on any atom is 0.401 e. The Morgan fingerprint density at radius 1 is 1.25 bits per heavy atom. The first kappa shape index (κ1) is 12.5. The molecular weight excluding hydrogens is 217 g/mol. The first-order valence-electron chi connectivity index (χ1n) is 4.75. The topological polar surface area (TPSA) is 35.8 Å². The summed E-state index contributed by atoms with van der Waals surface area (Å²) in [6.45, 7) is -1.07. The van der Waals surface area contributed by atoms with Gasteiger partial charge in [0.1, 0.15) is 0 Å². The lowest BCUT2D eigenvalue weighted by atomic mass is 10.0. The number of rotatable bonds is 4. The van der Waals surface area contributed by atoms with Crippen molar-refractivity contribution in [2.45, 2.75) is 12.1 Å². The highest BCUT2D eigenvalue weighted by Gasteiger charge is 2.26. The largest absolute Gasteiger partial charge is 0.401 e. The Kier molecular flexibility index (Phi) is 4.32. The minimum Gasteiger partial charge on any atom is -0.307 e. The molecule has 16 heavy (non-hydrogen) atoms. The minimum absolute atomic E-state index is 0.0000231. The van der Waals surface area contributed by atoms with Gasteiger partial charge in [-0.2, -0.15) is 18.4 Å². The van der Waals surface area contributed by atoms with Gasteiger partial charge in [-0.15, -0.1) is 0 Å². The number of halogens is 3. The Bertz CT molecular complexity index is 354. The quantitative estimate of drug-likeness (QED) is 0.859. The van der Waals surface area contributed by atoms with E-state index in [1.54, 1.807) is 30.3 Å². The molecule has 0 amide bonds. The van der Waals surface area contributed by atoms with Gasteiger partial charge in [0, 0.05) is 6.54 Å². The van der Waals surface area contributed by atoms with Crippen molar-refractivity contribution < 1.29 is 13.2 Å². The van der Waals surface area contributed by atoms with Crippen molar-refractivity contribution in [3.63, 3.8) is 0 Å². The van der Waals surface area contributed by atoms with Crippen LogP contribution in [0, 0.1) is 11.3 Å². The number of hydrogen-bond acceptors (Lipinski definition) is 2. The summed E-state index contributed by atoms with van der Waals surface area (Å²) in [5.41, 5.74) is 0.722. The zero-order chi connectivity index (χ0) is 12.0. The molecule has 0 bridgehead atoms. The third-order valence-corrected chi connectivity index (χ3v) is 2.03. The first-order valence-corrected chi connectivity index (χ1v) is 4.75. The van der Waals surface area contributed by atoms with Crippen LogP contribution in [0.4, 0.5) is 13.2 Å². The molecule has 2 nitrogen and oxygen atoms in total. The Morgan fingerprint density at radius 2 is 1.88 bits per heavy atom. The van der Waals surface area contributed by atoms with E-state index in [0.29, 0.717) is 0 Å². The average molecular weight is 228 g/mol. The zero-order valence-corrected chi connectivity index (χ0v) is 8.46. The van der Waals surface area contributed by atoms with E-state index in [1.165, 1.54) is 0 Å². The summed E-state index contributed by atoms with van der Waals surface area (Å²) in [5.74, 6) is -0.552. The molecule has 0 saturated carbocycles. The van der Waals surface area contributed by atoms with Crippen LogP contribution in [0.5, 0.6) is 0 Å². The summed E-state index contributed by atoms with van der Waals surface area (Å²) >= 11 is 0. The van der Waals surface area contributed by atoms with Crippen LogP contribution in [0.3, 0.4) is 0 Å². The van der Waals surface area contributed by atoms with E-state index in [1.807, 2.05) is 6.07 Å². The minimum atomic E-state index is -4.24. The highest BCUT2D eigenvalue weighted by Crippen LogP contribution is 2.15. The van der Waals surface area contributed by atoms with Crippen LogP contribution >= 0.6 is 0 Å². The lowest BCUT2D eigenvalue weighted by Gasteiger charge is -2.12. The predicted molar refractivity (Wildman–Crippen MR) is 53.7 cm³/mol. The average Bonchev–Trinajstić information content (AvgIpc) is 2.24. The summed E-state index contributed by atoms with van der Waals surface area (Å²) in [4.78, 5) is 0. The Morgan fingerprint density at radius 3 is 2.38 bits per heavy atom. The maximum absolute atomic E-state index is 11.9. The van der Waals surface area contributed by atoms with Gasteiger partial charge in [-0.25, -0.2) is 0 Å². The van der Waals surface area contributed by atoms with Crippen LogP contribution in [0.2, 0.25) is 0 Å². The number of alkyl halides is 3. The van der Waals surface area contributed by atoms with Crippen LogP contribution in [0.1, 0.15) is 11.5 Å². The normalized spacial score (nSPS) is 13.1. The smallest absolute Gasteiger partial charge is 0.307 e. The van der Waals surface area contributed by atoms with Crippen LogP contribution in [0.15, 0.2) is 30.3 Å². The molecule has 0 aliphatic rings. The van der Waals surface area contributed by atoms with Crippen molar-refractivity contribution in [1.29, 1.82) is 5.26 Å². The van der Waals surface area contributed by atoms with E-state index in [-0.39, 0.29) is 6.54 Å². The van der Waals surface area contributed by atoms with Gasteiger partial charge in [0.25, 0.3) is 0 Å². The van der Waals surface area contributed by atoms with Crippen molar-refractivity contribution in [3.8, 4) is 6.07 Å². The van der Waals surface area contributed by atoms with Gasteiger partial charge in [-0.3, -0.25) is 0 Å². The molecule has 1 N–H and O–H groups in total. The molecular formula is C11H11F3N2. The second-order valence-electron chi connectivity index (χ2n) is 3.34. The summed E-state index contributed by atoms with van der Waals surface area (Å²) in [6, 6.07) is 10.7. The molecule has 0 aliphatic carbocycles. The molecule has 1 rings (SSSR count). The molecule has 0 fully saturated rings. The monoisotopic (exact) mass is 228 g/mol. The van der Waals surface area contributed by atoms with Crippen molar-refractivity contribution in [2.24, 2.45) is 0 Å². The maximum atomic E-state index is 11.9. The van der Waals surface area contributed by atoms with Crippen molar-refractivity contribution in [1.82, 2.24) is 5.32 Å². The van der Waals surface area contributed by atoms with E-state index in [0.717, 1.165) is 5.56 Å². The molecule has 86 valence electrons. The van der Waals surface area contributed by atoms with Crippen molar-refractivity contribution >= 4 is 0 Å². The van der Waals surface area contributed by atoms with Gasteiger partial charge in [0.05, 0.1) is 18.5 Å². The molecule has 0 saturated heterocycles. The molecule has 0 radical (unpaired) electrons. The fourth-order valence-electron chi connectivity index (χ4n) is 1.28. The van der Waals surface area contributed by atoms with Crippen molar-refractivity contribution in [2.75, 3.05) is 13.1 Å². The lowest BCUT2D eigenvalue weighted by molar-refractivity contribution is -0.124. The predicted octanol–water partition coefficient (Wildman–Crippen LogP) is 2.45. The first-order chi connectivity index (χ1) is 7.53. The summed E-state index contributed by atoms with van der Waals surface area (Å²) in [6.07, 6.45) is -4.24. The fraction of sp³-hybridized carbons (Fsp3) is 0.364. The number of hydrogen-bond donors (Lipinski definition) is 1. The number of nitrogens with zero attached hydrogens (tertiary/aromatic N) is 1. The number of nitrogens with one attached hydrogen (secondary N) is 1. The molecule has 5 heteroatoms. The second-order valence-corrected chi connectivity index (χ2v) is 3.34. The third-order valence-electron chi connectivity index (χ3n) is 2.03. The number of nitriles is 1. The summed E-state index contributed by atoms with van der Waals surface area (Å²) in [7, 11) is 0. The second kappa shape index (κ2) is 5.52. The molecule has 0 aromatic heterocycles. The third kappa shape index (κ3) is 4.32. The molecule has 1 aromatic rings. The molecule has 1 aromatic carbocycles. The molecule has 0 aliphatic heterocycles. The van der Waals surface area contributed by atoms with Crippen LogP contribution in [0.25, 0.3) is 0 Å². The van der Waals surface area contributed by atoms with Crippen molar-refractivity contribution in [3.05, 3.63) is 35.9 Å². The summed E-state index contributed by atoms with van der Waals surface area (Å²) < 4.78 is 35.6. The van der Waals surface area contributed by atoms with E-state index in [4.69, 9.17) is 5.26 Å². The van der Waals surface area contributed by atoms with E-state index in [9.17, 15) is 13.2 Å². The lowest BCUT2D eigenvalue weighted by Crippen LogP contribution is -2.31. The van der Waals surface area contributed by atoms with Gasteiger partial charge >= 0.3 is 6.18 Å². The van der Waals surface area contributed by atoms with Crippen LogP contribution in [-0.4, -0.2) is 19.3 Å². The van der Waals surface area contributed by atoms with E-state index in [2.05, 4.69) is 5.32 Å². The van der Waals surface area contributed by atoms with Crippen LogP contribution < -0.4 is 5.32 Å². The standard InChI is InChI=1S/C11H11F3N2/c12-11(13,14)8-16-7-10(6-15)9-4-2-1-3-5-9/h1-5,10,16H,7-8H2. The Hall–Kier alpha value is -1.54. The van der Waals surface area contributed by atoms with Gasteiger partial charge in [-0.1, -0.05) is 30.3 Å². The van der Waals surface area contributed by atoms with Gasteiger partial charge in [-0.05, 0) is 5.56 Å². The molecule has 1 unspecified atom stereocenters. The molecule has 0 heterocycles. The fourth-order valence-corrected chi connectivity index (χ4v) is 1.28. The van der Waals surface area contributed by atoms with Gasteiger partial charge < -0.3 is 5.32 Å². The zero-order valence-electron chi connectivity index (χ0n) is 8.46.